The number of anilines is 1. The minimum absolute atomic E-state index is 0.198. The van der Waals surface area contributed by atoms with Gasteiger partial charge in [0.25, 0.3) is 0 Å². The first-order valence-electron chi connectivity index (χ1n) is 10.8. The van der Waals surface area contributed by atoms with Crippen LogP contribution in [0.15, 0.2) is 48.5 Å². The van der Waals surface area contributed by atoms with E-state index in [4.69, 9.17) is 4.74 Å². The van der Waals surface area contributed by atoms with Crippen LogP contribution in [0.3, 0.4) is 0 Å². The molecule has 0 bridgehead atoms. The zero-order chi connectivity index (χ0) is 21.8. The van der Waals surface area contributed by atoms with Gasteiger partial charge in [0.1, 0.15) is 11.6 Å². The van der Waals surface area contributed by atoms with Crippen molar-refractivity contribution >= 4 is 5.69 Å². The number of rotatable bonds is 7. The number of nitrogens with zero attached hydrogens (tertiary/aromatic N) is 5. The highest BCUT2D eigenvalue weighted by molar-refractivity contribution is 5.46. The minimum Gasteiger partial charge on any atom is -0.497 e. The van der Waals surface area contributed by atoms with Crippen molar-refractivity contribution in [1.29, 1.82) is 0 Å². The second-order valence-corrected chi connectivity index (χ2v) is 8.39. The molecule has 0 spiro atoms. The summed E-state index contributed by atoms with van der Waals surface area (Å²) in [5.74, 6) is 1.96. The average molecular weight is 426 g/mol. The van der Waals surface area contributed by atoms with Gasteiger partial charge in [-0.2, -0.15) is 0 Å². The summed E-state index contributed by atoms with van der Waals surface area (Å²) in [5.41, 5.74) is 2.21. The molecule has 1 N–H and O–H groups in total. The van der Waals surface area contributed by atoms with Crippen molar-refractivity contribution in [3.05, 3.63) is 65.7 Å². The molecular weight excluding hydrogens is 395 g/mol. The molecule has 1 aliphatic heterocycles. The number of methoxy groups -OCH3 is 1. The topological polar surface area (TPSA) is 60.5 Å². The molecular formula is C23H30FN6O+. The molecule has 1 fully saturated rings. The van der Waals surface area contributed by atoms with Crippen LogP contribution in [0.4, 0.5) is 10.1 Å². The van der Waals surface area contributed by atoms with E-state index in [2.05, 4.69) is 34.3 Å². The zero-order valence-corrected chi connectivity index (χ0v) is 18.3. The number of hydrogen-bond acceptors (Lipinski definition) is 5. The summed E-state index contributed by atoms with van der Waals surface area (Å²) < 4.78 is 20.4. The molecule has 1 aromatic heterocycles. The Labute approximate surface area is 182 Å². The molecule has 0 aliphatic carbocycles. The fourth-order valence-electron chi connectivity index (χ4n) is 4.42. The maximum absolute atomic E-state index is 13.2. The van der Waals surface area contributed by atoms with Crippen molar-refractivity contribution in [2.75, 3.05) is 38.2 Å². The molecule has 1 saturated heterocycles. The predicted octanol–water partition coefficient (Wildman–Crippen LogP) is 1.97. The standard InChI is InChI=1S/C23H29FN6O/c1-17(2)22(29-14-12-28(13-15-29)20-8-6-19(24)7-9-20)23-25-26-27-30(23)16-18-4-10-21(31-3)11-5-18/h4-11,17,22H,12-16H2,1-3H3/p+1/t22-/m1/s1. The van der Waals surface area contributed by atoms with Crippen molar-refractivity contribution in [3.63, 3.8) is 0 Å². The van der Waals surface area contributed by atoms with Gasteiger partial charge >= 0.3 is 0 Å². The van der Waals surface area contributed by atoms with Crippen molar-refractivity contribution in [1.82, 2.24) is 20.2 Å². The van der Waals surface area contributed by atoms with Gasteiger partial charge in [0, 0.05) is 11.6 Å². The van der Waals surface area contributed by atoms with E-state index in [0.29, 0.717) is 12.5 Å². The molecule has 1 aliphatic rings. The van der Waals surface area contributed by atoms with Crippen LogP contribution in [0.1, 0.15) is 31.3 Å². The van der Waals surface area contributed by atoms with E-state index in [1.165, 1.54) is 17.0 Å². The van der Waals surface area contributed by atoms with Crippen molar-refractivity contribution in [2.24, 2.45) is 5.92 Å². The van der Waals surface area contributed by atoms with Gasteiger partial charge in [-0.25, -0.2) is 9.07 Å². The van der Waals surface area contributed by atoms with Gasteiger partial charge in [0.05, 0.1) is 39.8 Å². The van der Waals surface area contributed by atoms with Crippen LogP contribution in [0.2, 0.25) is 0 Å². The van der Waals surface area contributed by atoms with Crippen LogP contribution in [0, 0.1) is 11.7 Å². The Kier molecular flexibility index (Phi) is 6.46. The SMILES string of the molecule is COc1ccc(Cn2nnnc2[C@@H](C(C)C)[NH+]2CCN(c3ccc(F)cc3)CC2)cc1. The summed E-state index contributed by atoms with van der Waals surface area (Å²) in [6.45, 7) is 8.90. The lowest BCUT2D eigenvalue weighted by atomic mass is 10.0. The molecule has 3 aromatic rings. The second-order valence-electron chi connectivity index (χ2n) is 8.39. The molecule has 8 heteroatoms. The smallest absolute Gasteiger partial charge is 0.209 e. The largest absolute Gasteiger partial charge is 0.497 e. The number of tetrazole rings is 1. The van der Waals surface area contributed by atoms with Crippen LogP contribution in [-0.2, 0) is 6.54 Å². The van der Waals surface area contributed by atoms with Crippen molar-refractivity contribution in [3.8, 4) is 5.75 Å². The Morgan fingerprint density at radius 2 is 1.71 bits per heavy atom. The van der Waals surface area contributed by atoms with Gasteiger partial charge in [0.15, 0.2) is 6.04 Å². The molecule has 0 unspecified atom stereocenters. The number of ether oxygens (including phenoxy) is 1. The van der Waals surface area contributed by atoms with Gasteiger partial charge in [-0.05, 0) is 52.4 Å². The molecule has 0 amide bonds. The first kappa shape index (κ1) is 21.2. The molecule has 1 atom stereocenters. The lowest BCUT2D eigenvalue weighted by molar-refractivity contribution is -0.937. The molecule has 0 radical (unpaired) electrons. The Morgan fingerprint density at radius 3 is 2.32 bits per heavy atom. The third-order valence-corrected chi connectivity index (χ3v) is 6.03. The summed E-state index contributed by atoms with van der Waals surface area (Å²) in [7, 11) is 1.67. The van der Waals surface area contributed by atoms with E-state index in [1.807, 2.05) is 41.1 Å². The maximum atomic E-state index is 13.2. The van der Waals surface area contributed by atoms with Crippen LogP contribution in [-0.4, -0.2) is 53.5 Å². The normalized spacial score (nSPS) is 16.0. The fraction of sp³-hybridized carbons (Fsp3) is 0.435. The molecule has 4 rings (SSSR count). The van der Waals surface area contributed by atoms with Gasteiger partial charge in [-0.3, -0.25) is 0 Å². The third-order valence-electron chi connectivity index (χ3n) is 6.03. The molecule has 31 heavy (non-hydrogen) atoms. The summed E-state index contributed by atoms with van der Waals surface area (Å²) in [4.78, 5) is 3.81. The number of nitrogens with one attached hydrogen (secondary N) is 1. The predicted molar refractivity (Wildman–Crippen MR) is 117 cm³/mol. The highest BCUT2D eigenvalue weighted by atomic mass is 19.1. The van der Waals surface area contributed by atoms with Gasteiger partial charge in [0.2, 0.25) is 5.82 Å². The molecule has 0 saturated carbocycles. The van der Waals surface area contributed by atoms with Crippen molar-refractivity contribution in [2.45, 2.75) is 26.4 Å². The molecule has 2 heterocycles. The summed E-state index contributed by atoms with van der Waals surface area (Å²) in [5, 5.41) is 12.7. The highest BCUT2D eigenvalue weighted by Crippen LogP contribution is 2.20. The molecule has 164 valence electrons. The van der Waals surface area contributed by atoms with Crippen molar-refractivity contribution < 1.29 is 14.0 Å². The molecule has 2 aromatic carbocycles. The van der Waals surface area contributed by atoms with E-state index in [1.54, 1.807) is 7.11 Å². The Bertz CT molecular complexity index is 964. The number of hydrogen-bond donors (Lipinski definition) is 1. The maximum Gasteiger partial charge on any atom is 0.209 e. The average Bonchev–Trinajstić information content (AvgIpc) is 3.23. The number of quaternary nitrogens is 1. The van der Waals surface area contributed by atoms with E-state index in [-0.39, 0.29) is 11.9 Å². The Morgan fingerprint density at radius 1 is 1.03 bits per heavy atom. The van der Waals surface area contributed by atoms with Crippen LogP contribution >= 0.6 is 0 Å². The van der Waals surface area contributed by atoms with Gasteiger partial charge in [-0.1, -0.05) is 26.0 Å². The van der Waals surface area contributed by atoms with Gasteiger partial charge in [-0.15, -0.1) is 5.10 Å². The summed E-state index contributed by atoms with van der Waals surface area (Å²) in [6.07, 6.45) is 0. The quantitative estimate of drug-likeness (QED) is 0.627. The van der Waals surface area contributed by atoms with E-state index >= 15 is 0 Å². The number of piperazine rings is 1. The zero-order valence-electron chi connectivity index (χ0n) is 18.3. The summed E-state index contributed by atoms with van der Waals surface area (Å²) in [6, 6.07) is 15.0. The minimum atomic E-state index is -0.198. The Hall–Kier alpha value is -3.00. The summed E-state index contributed by atoms with van der Waals surface area (Å²) >= 11 is 0. The highest BCUT2D eigenvalue weighted by Gasteiger charge is 2.35. The second kappa shape index (κ2) is 9.43. The van der Waals surface area contributed by atoms with Crippen LogP contribution in [0.5, 0.6) is 5.75 Å². The van der Waals surface area contributed by atoms with Crippen LogP contribution < -0.4 is 14.5 Å². The lowest BCUT2D eigenvalue weighted by Gasteiger charge is -2.38. The van der Waals surface area contributed by atoms with Gasteiger partial charge < -0.3 is 14.5 Å². The fourth-order valence-corrected chi connectivity index (χ4v) is 4.42. The molecule has 7 nitrogen and oxygen atoms in total. The van der Waals surface area contributed by atoms with E-state index in [9.17, 15) is 4.39 Å². The first-order chi connectivity index (χ1) is 15.0. The Balaban J connectivity index is 1.47. The number of aromatic nitrogens is 4. The number of halogens is 1. The van der Waals surface area contributed by atoms with E-state index < -0.39 is 0 Å². The van der Waals surface area contributed by atoms with E-state index in [0.717, 1.165) is 49.0 Å². The lowest BCUT2D eigenvalue weighted by Crippen LogP contribution is -3.15. The van der Waals surface area contributed by atoms with Crippen LogP contribution in [0.25, 0.3) is 0 Å². The first-order valence-corrected chi connectivity index (χ1v) is 10.8. The third kappa shape index (κ3) is 4.85. The monoisotopic (exact) mass is 425 g/mol. The number of benzene rings is 2.